The van der Waals surface area contributed by atoms with E-state index in [9.17, 15) is 24.6 Å². The van der Waals surface area contributed by atoms with E-state index in [1.165, 1.54) is 45.2 Å². The molecule has 0 saturated carbocycles. The summed E-state index contributed by atoms with van der Waals surface area (Å²) in [4.78, 5) is 38.5. The number of phenolic OH excluding ortho intramolecular Hbond substituents is 1. The van der Waals surface area contributed by atoms with Gasteiger partial charge in [0.2, 0.25) is 11.1 Å². The van der Waals surface area contributed by atoms with Gasteiger partial charge < -0.3 is 21.3 Å². The lowest BCUT2D eigenvalue weighted by molar-refractivity contribution is -0.150. The van der Waals surface area contributed by atoms with Crippen molar-refractivity contribution >= 4 is 41.3 Å². The Bertz CT molecular complexity index is 1120. The zero-order valence-electron chi connectivity index (χ0n) is 16.7. The number of fused-ring (bicyclic) bond motifs is 1. The normalized spacial score (nSPS) is 21.1. The topological polar surface area (TPSA) is 177 Å². The smallest absolute Gasteiger partial charge is 0.352 e. The molecule has 3 atom stereocenters. The van der Waals surface area contributed by atoms with Gasteiger partial charge in [0.25, 0.3) is 5.91 Å². The van der Waals surface area contributed by atoms with Crippen molar-refractivity contribution in [2.75, 3.05) is 11.5 Å². The molecule has 0 spiro atoms. The predicted octanol–water partition coefficient (Wildman–Crippen LogP) is -0.554. The van der Waals surface area contributed by atoms with E-state index >= 15 is 0 Å². The molecule has 1 aromatic heterocycles. The number of aryl methyl sites for hydroxylation is 1. The number of nitrogens with two attached hydrogens (primary N) is 1. The molecule has 0 aliphatic carbocycles. The van der Waals surface area contributed by atoms with Gasteiger partial charge in [-0.15, -0.1) is 16.9 Å². The molecule has 3 heterocycles. The van der Waals surface area contributed by atoms with Crippen molar-refractivity contribution in [1.29, 1.82) is 0 Å². The maximum Gasteiger partial charge on any atom is 0.352 e. The molecule has 4 rings (SSSR count). The number of carbonyl (C=O) groups is 3. The highest BCUT2D eigenvalue weighted by atomic mass is 32.2. The van der Waals surface area contributed by atoms with E-state index in [1.54, 1.807) is 19.2 Å². The number of β-lactam (4-membered cyclic amide) rings is 1. The van der Waals surface area contributed by atoms with Gasteiger partial charge in [0, 0.05) is 18.6 Å². The minimum absolute atomic E-state index is 0.0294. The maximum absolute atomic E-state index is 12.8. The fourth-order valence-corrected chi connectivity index (χ4v) is 5.74. The number of amides is 2. The van der Waals surface area contributed by atoms with Gasteiger partial charge in [0.15, 0.2) is 0 Å². The SMILES string of the molecule is Cn1nnnc1SCC1=C(C(=O)O)N2C(=O)C(NC(=O)[C@H](N)c3cccc(O)c3)[C@H]2SC1. The van der Waals surface area contributed by atoms with Gasteiger partial charge in [-0.2, -0.15) is 0 Å². The molecule has 2 amide bonds. The molecular formula is C18H19N7O5S2. The van der Waals surface area contributed by atoms with Crippen LogP contribution in [-0.2, 0) is 21.4 Å². The van der Waals surface area contributed by atoms with Crippen LogP contribution in [0.2, 0.25) is 0 Å². The van der Waals surface area contributed by atoms with Crippen LogP contribution in [0.4, 0.5) is 0 Å². The zero-order valence-corrected chi connectivity index (χ0v) is 18.3. The van der Waals surface area contributed by atoms with Crippen LogP contribution in [0, 0.1) is 0 Å². The third kappa shape index (κ3) is 4.03. The number of aliphatic carboxylic acids is 1. The van der Waals surface area contributed by atoms with Gasteiger partial charge in [-0.3, -0.25) is 14.5 Å². The van der Waals surface area contributed by atoms with Gasteiger partial charge in [-0.05, 0) is 33.7 Å². The van der Waals surface area contributed by atoms with E-state index in [-0.39, 0.29) is 11.4 Å². The molecule has 1 unspecified atom stereocenters. The first kappa shape index (κ1) is 22.1. The lowest BCUT2D eigenvalue weighted by Gasteiger charge is -2.49. The third-order valence-electron chi connectivity index (χ3n) is 5.02. The molecule has 0 radical (unpaired) electrons. The van der Waals surface area contributed by atoms with Crippen molar-refractivity contribution in [1.82, 2.24) is 30.4 Å². The van der Waals surface area contributed by atoms with Crippen molar-refractivity contribution in [2.24, 2.45) is 12.8 Å². The number of hydrogen-bond acceptors (Lipinski definition) is 10. The molecule has 12 nitrogen and oxygen atoms in total. The quantitative estimate of drug-likeness (QED) is 0.297. The first-order valence-corrected chi connectivity index (χ1v) is 11.4. The Hall–Kier alpha value is -3.10. The molecule has 14 heteroatoms. The van der Waals surface area contributed by atoms with Crippen molar-refractivity contribution in [3.05, 3.63) is 41.1 Å². The monoisotopic (exact) mass is 477 g/mol. The van der Waals surface area contributed by atoms with E-state index < -0.39 is 35.2 Å². The number of aromatic nitrogens is 4. The fraction of sp³-hybridized carbons (Fsp3) is 0.333. The first-order chi connectivity index (χ1) is 15.3. The third-order valence-corrected chi connectivity index (χ3v) is 7.45. The van der Waals surface area contributed by atoms with E-state index in [0.717, 1.165) is 0 Å². The molecule has 2 aliphatic heterocycles. The minimum Gasteiger partial charge on any atom is -0.508 e. The van der Waals surface area contributed by atoms with Crippen LogP contribution in [0.3, 0.4) is 0 Å². The minimum atomic E-state index is -1.21. The molecule has 5 N–H and O–H groups in total. The summed E-state index contributed by atoms with van der Waals surface area (Å²) in [6.07, 6.45) is 0. The highest BCUT2D eigenvalue weighted by molar-refractivity contribution is 8.01. The second-order valence-corrected chi connectivity index (χ2v) is 9.15. The van der Waals surface area contributed by atoms with Crippen LogP contribution in [0.5, 0.6) is 5.75 Å². The number of nitrogens with zero attached hydrogens (tertiary/aromatic N) is 5. The largest absolute Gasteiger partial charge is 0.508 e. The van der Waals surface area contributed by atoms with E-state index in [4.69, 9.17) is 5.73 Å². The summed E-state index contributed by atoms with van der Waals surface area (Å²) in [6, 6.07) is 4.01. The van der Waals surface area contributed by atoms with Crippen molar-refractivity contribution < 1.29 is 24.6 Å². The summed E-state index contributed by atoms with van der Waals surface area (Å²) in [6.45, 7) is 0. The standard InChI is InChI=1S/C18H19N7O5S2/c1-24-18(21-22-23-24)32-7-9-6-31-16-12(15(28)25(16)13(9)17(29)30)20-14(27)11(19)8-3-2-4-10(26)5-8/h2-5,11-12,16,26H,6-7,19H2,1H3,(H,20,27)(H,29,30)/t11-,12?,16-/m1/s1. The Morgan fingerprint density at radius 3 is 2.88 bits per heavy atom. The maximum atomic E-state index is 12.8. The molecule has 2 aliphatic rings. The van der Waals surface area contributed by atoms with Gasteiger partial charge in [0.1, 0.15) is 28.9 Å². The van der Waals surface area contributed by atoms with Gasteiger partial charge in [0.05, 0.1) is 0 Å². The van der Waals surface area contributed by atoms with Crippen LogP contribution in [0.1, 0.15) is 11.6 Å². The number of tetrazole rings is 1. The molecule has 168 valence electrons. The fourth-order valence-electron chi connectivity index (χ4n) is 3.40. The number of phenols is 1. The summed E-state index contributed by atoms with van der Waals surface area (Å²) >= 11 is 2.64. The van der Waals surface area contributed by atoms with E-state index in [0.29, 0.717) is 27.8 Å². The summed E-state index contributed by atoms with van der Waals surface area (Å²) in [5.74, 6) is -1.67. The number of carboxylic acid groups (broad SMARTS) is 1. The molecular weight excluding hydrogens is 458 g/mol. The van der Waals surface area contributed by atoms with Crippen LogP contribution in [0.25, 0.3) is 0 Å². The Balaban J connectivity index is 1.46. The number of nitrogens with one attached hydrogen (secondary N) is 1. The van der Waals surface area contributed by atoms with Crippen LogP contribution in [-0.4, -0.2) is 76.0 Å². The van der Waals surface area contributed by atoms with Gasteiger partial charge in [-0.25, -0.2) is 9.48 Å². The lowest BCUT2D eigenvalue weighted by Crippen LogP contribution is -2.71. The van der Waals surface area contributed by atoms with Gasteiger partial charge in [-0.1, -0.05) is 23.9 Å². The first-order valence-electron chi connectivity index (χ1n) is 9.38. The van der Waals surface area contributed by atoms with Crippen molar-refractivity contribution in [3.8, 4) is 5.75 Å². The Morgan fingerprint density at radius 2 is 2.22 bits per heavy atom. The molecule has 32 heavy (non-hydrogen) atoms. The predicted molar refractivity (Wildman–Crippen MR) is 114 cm³/mol. The molecule has 1 saturated heterocycles. The van der Waals surface area contributed by atoms with Crippen molar-refractivity contribution in [2.45, 2.75) is 22.6 Å². The molecule has 2 aromatic rings. The second-order valence-electron chi connectivity index (χ2n) is 7.10. The average molecular weight is 478 g/mol. The van der Waals surface area contributed by atoms with Crippen LogP contribution >= 0.6 is 23.5 Å². The van der Waals surface area contributed by atoms with Crippen LogP contribution < -0.4 is 11.1 Å². The number of aromatic hydroxyl groups is 1. The number of rotatable bonds is 7. The summed E-state index contributed by atoms with van der Waals surface area (Å²) in [5.41, 5.74) is 6.85. The molecule has 1 aromatic carbocycles. The molecule has 0 bridgehead atoms. The second kappa shape index (κ2) is 8.80. The molecule has 1 fully saturated rings. The summed E-state index contributed by atoms with van der Waals surface area (Å²) in [7, 11) is 1.67. The van der Waals surface area contributed by atoms with Gasteiger partial charge >= 0.3 is 5.97 Å². The lowest BCUT2D eigenvalue weighted by atomic mass is 10.0. The number of hydrogen-bond donors (Lipinski definition) is 4. The summed E-state index contributed by atoms with van der Waals surface area (Å²) < 4.78 is 1.47. The van der Waals surface area contributed by atoms with Crippen molar-refractivity contribution in [3.63, 3.8) is 0 Å². The van der Waals surface area contributed by atoms with E-state index in [1.807, 2.05) is 0 Å². The summed E-state index contributed by atoms with van der Waals surface area (Å²) in [5, 5.41) is 33.0. The van der Waals surface area contributed by atoms with E-state index in [2.05, 4.69) is 20.8 Å². The zero-order chi connectivity index (χ0) is 23.0. The average Bonchev–Trinajstić information content (AvgIpc) is 3.18. The Kier molecular flexibility index (Phi) is 6.08. The Labute approximate surface area is 190 Å². The number of carboxylic acids is 1. The number of thioether (sulfide) groups is 2. The number of benzene rings is 1. The Morgan fingerprint density at radius 1 is 1.44 bits per heavy atom. The highest BCUT2D eigenvalue weighted by Gasteiger charge is 2.54. The number of carbonyl (C=O) groups excluding carboxylic acids is 2. The van der Waals surface area contributed by atoms with Crippen LogP contribution in [0.15, 0.2) is 40.7 Å². The highest BCUT2D eigenvalue weighted by Crippen LogP contribution is 2.41.